The van der Waals surface area contributed by atoms with Gasteiger partial charge in [-0.2, -0.15) is 5.10 Å². The molecule has 1 amide bonds. The molecule has 34 heavy (non-hydrogen) atoms. The van der Waals surface area contributed by atoms with Crippen LogP contribution in [-0.2, 0) is 11.3 Å². The molecule has 174 valence electrons. The molecule has 4 rings (SSSR count). The highest BCUT2D eigenvalue weighted by Gasteiger charge is 2.21. The summed E-state index contributed by atoms with van der Waals surface area (Å²) in [6, 6.07) is 9.93. The van der Waals surface area contributed by atoms with E-state index in [4.69, 9.17) is 17.3 Å². The van der Waals surface area contributed by atoms with Crippen molar-refractivity contribution in [3.63, 3.8) is 0 Å². The minimum absolute atomic E-state index is 0.0346. The standard InChI is InChI=1S/C20H18ClN9O4/c1-28(2)15-8-12(21)11(7-16(15)30(32)33)9-23-25-17(31)10-29-14-6-4-3-5-13(14)24-20(29)18-19(22)27-34-26-18/h3-9H,10H2,1-2H3,(H2,22,27)(H,25,31)/b23-9+. The summed E-state index contributed by atoms with van der Waals surface area (Å²) in [5, 5.41) is 22.9. The second-order valence-electron chi connectivity index (χ2n) is 7.32. The van der Waals surface area contributed by atoms with E-state index in [1.165, 1.54) is 18.3 Å². The van der Waals surface area contributed by atoms with E-state index < -0.39 is 10.8 Å². The van der Waals surface area contributed by atoms with E-state index in [1.807, 2.05) is 6.07 Å². The molecule has 0 atom stereocenters. The van der Waals surface area contributed by atoms with Crippen LogP contribution in [-0.4, -0.2) is 51.0 Å². The predicted molar refractivity (Wildman–Crippen MR) is 126 cm³/mol. The van der Waals surface area contributed by atoms with Gasteiger partial charge in [0.2, 0.25) is 0 Å². The molecule has 2 aromatic carbocycles. The van der Waals surface area contributed by atoms with Gasteiger partial charge in [0.15, 0.2) is 17.3 Å². The van der Waals surface area contributed by atoms with Crippen LogP contribution in [0.1, 0.15) is 5.56 Å². The van der Waals surface area contributed by atoms with Gasteiger partial charge in [-0.05, 0) is 28.5 Å². The number of halogens is 1. The van der Waals surface area contributed by atoms with Crippen LogP contribution >= 0.6 is 11.6 Å². The van der Waals surface area contributed by atoms with Gasteiger partial charge in [-0.15, -0.1) is 0 Å². The van der Waals surface area contributed by atoms with Gasteiger partial charge in [0.05, 0.1) is 27.2 Å². The highest BCUT2D eigenvalue weighted by Crippen LogP contribution is 2.32. The minimum Gasteiger partial charge on any atom is -0.379 e. The highest BCUT2D eigenvalue weighted by atomic mass is 35.5. The van der Waals surface area contributed by atoms with E-state index in [0.717, 1.165) is 0 Å². The minimum atomic E-state index is -0.516. The maximum atomic E-state index is 12.6. The number of benzene rings is 2. The summed E-state index contributed by atoms with van der Waals surface area (Å²) in [6.07, 6.45) is 1.24. The summed E-state index contributed by atoms with van der Waals surface area (Å²) in [5.41, 5.74) is 10.2. The first-order chi connectivity index (χ1) is 16.3. The number of hydrogen-bond acceptors (Lipinski definition) is 10. The van der Waals surface area contributed by atoms with Crippen LogP contribution in [0.4, 0.5) is 17.2 Å². The number of nitro groups is 1. The number of amides is 1. The van der Waals surface area contributed by atoms with Crippen molar-refractivity contribution < 1.29 is 14.3 Å². The Labute approximate surface area is 196 Å². The lowest BCUT2D eigenvalue weighted by atomic mass is 10.1. The normalized spacial score (nSPS) is 11.3. The zero-order valence-electron chi connectivity index (χ0n) is 18.0. The fraction of sp³-hybridized carbons (Fsp3) is 0.150. The first kappa shape index (κ1) is 22.7. The van der Waals surface area contributed by atoms with Crippen molar-refractivity contribution in [2.24, 2.45) is 5.10 Å². The number of nitrogen functional groups attached to an aromatic ring is 1. The van der Waals surface area contributed by atoms with Gasteiger partial charge >= 0.3 is 0 Å². The first-order valence-electron chi connectivity index (χ1n) is 9.77. The smallest absolute Gasteiger partial charge is 0.293 e. The number of imidazole rings is 1. The van der Waals surface area contributed by atoms with Crippen LogP contribution in [0.25, 0.3) is 22.6 Å². The number of rotatable bonds is 7. The maximum absolute atomic E-state index is 12.6. The number of hydrogen-bond donors (Lipinski definition) is 2. The number of hydrazone groups is 1. The molecule has 4 aromatic rings. The zero-order valence-corrected chi connectivity index (χ0v) is 18.7. The summed E-state index contributed by atoms with van der Waals surface area (Å²) >= 11 is 6.24. The highest BCUT2D eigenvalue weighted by molar-refractivity contribution is 6.33. The Kier molecular flexibility index (Phi) is 6.10. The molecular weight excluding hydrogens is 466 g/mol. The lowest BCUT2D eigenvalue weighted by Crippen LogP contribution is -2.23. The molecule has 0 spiro atoms. The molecule has 2 heterocycles. The molecule has 13 nitrogen and oxygen atoms in total. The van der Waals surface area contributed by atoms with Crippen LogP contribution in [0.5, 0.6) is 0 Å². The molecule has 2 aromatic heterocycles. The molecule has 0 aliphatic heterocycles. The Hall–Kier alpha value is -4.52. The van der Waals surface area contributed by atoms with Crippen molar-refractivity contribution in [3.05, 3.63) is 57.1 Å². The Morgan fingerprint density at radius 3 is 2.79 bits per heavy atom. The van der Waals surface area contributed by atoms with Gasteiger partial charge in [0.25, 0.3) is 11.6 Å². The number of anilines is 2. The molecular formula is C20H18ClN9O4. The van der Waals surface area contributed by atoms with Crippen LogP contribution in [0.2, 0.25) is 5.02 Å². The number of carbonyl (C=O) groups is 1. The molecule has 0 radical (unpaired) electrons. The summed E-state index contributed by atoms with van der Waals surface area (Å²) < 4.78 is 6.26. The molecule has 0 aliphatic carbocycles. The van der Waals surface area contributed by atoms with Crippen molar-refractivity contribution in [1.82, 2.24) is 25.3 Å². The number of nitrogens with one attached hydrogen (secondary N) is 1. The average molecular weight is 484 g/mol. The Morgan fingerprint density at radius 2 is 2.12 bits per heavy atom. The monoisotopic (exact) mass is 483 g/mol. The van der Waals surface area contributed by atoms with E-state index in [0.29, 0.717) is 22.5 Å². The fourth-order valence-corrected chi connectivity index (χ4v) is 3.50. The molecule has 0 saturated heterocycles. The number of aromatic nitrogens is 4. The summed E-state index contributed by atoms with van der Waals surface area (Å²) in [7, 11) is 3.34. The third-order valence-corrected chi connectivity index (χ3v) is 5.17. The molecule has 0 fully saturated rings. The Morgan fingerprint density at radius 1 is 1.35 bits per heavy atom. The van der Waals surface area contributed by atoms with Crippen LogP contribution in [0, 0.1) is 10.1 Å². The van der Waals surface area contributed by atoms with Crippen molar-refractivity contribution in [2.45, 2.75) is 6.54 Å². The number of para-hydroxylation sites is 2. The van der Waals surface area contributed by atoms with Gasteiger partial charge in [-0.3, -0.25) is 14.9 Å². The quantitative estimate of drug-likeness (QED) is 0.227. The largest absolute Gasteiger partial charge is 0.379 e. The second kappa shape index (κ2) is 9.15. The summed E-state index contributed by atoms with van der Waals surface area (Å²) in [6.45, 7) is -0.174. The van der Waals surface area contributed by atoms with Crippen LogP contribution in [0.15, 0.2) is 46.1 Å². The topological polar surface area (TPSA) is 171 Å². The third kappa shape index (κ3) is 4.36. The van der Waals surface area contributed by atoms with E-state index in [2.05, 4.69) is 30.5 Å². The van der Waals surface area contributed by atoms with Gasteiger partial charge in [0, 0.05) is 25.7 Å². The van der Waals surface area contributed by atoms with Gasteiger partial charge < -0.3 is 15.2 Å². The van der Waals surface area contributed by atoms with E-state index in [-0.39, 0.29) is 34.3 Å². The lowest BCUT2D eigenvalue weighted by Gasteiger charge is -2.13. The molecule has 14 heteroatoms. The molecule has 0 aliphatic rings. The summed E-state index contributed by atoms with van der Waals surface area (Å²) in [5.74, 6) is -0.157. The van der Waals surface area contributed by atoms with Gasteiger partial charge in [-0.25, -0.2) is 15.0 Å². The zero-order chi connectivity index (χ0) is 24.4. The number of nitro benzene ring substituents is 1. The third-order valence-electron chi connectivity index (χ3n) is 4.85. The molecule has 0 bridgehead atoms. The number of fused-ring (bicyclic) bond motifs is 1. The number of nitrogens with zero attached hydrogens (tertiary/aromatic N) is 7. The Bertz CT molecular complexity index is 1430. The number of carbonyl (C=O) groups excluding carboxylic acids is 1. The van der Waals surface area contributed by atoms with Gasteiger partial charge in [-0.1, -0.05) is 23.7 Å². The lowest BCUT2D eigenvalue weighted by molar-refractivity contribution is -0.384. The van der Waals surface area contributed by atoms with E-state index in [9.17, 15) is 14.9 Å². The fourth-order valence-electron chi connectivity index (χ4n) is 3.29. The van der Waals surface area contributed by atoms with Crippen molar-refractivity contribution in [3.8, 4) is 11.5 Å². The predicted octanol–water partition coefficient (Wildman–Crippen LogP) is 2.45. The summed E-state index contributed by atoms with van der Waals surface area (Å²) in [4.78, 5) is 29.6. The first-order valence-corrected chi connectivity index (χ1v) is 10.1. The van der Waals surface area contributed by atoms with E-state index >= 15 is 0 Å². The SMILES string of the molecule is CN(C)c1cc(Cl)c(/C=N/NC(=O)Cn2c(-c3nonc3N)nc3ccccc32)cc1[N+](=O)[O-]. The maximum Gasteiger partial charge on any atom is 0.293 e. The van der Waals surface area contributed by atoms with Crippen LogP contribution < -0.4 is 16.1 Å². The van der Waals surface area contributed by atoms with Crippen molar-refractivity contribution in [1.29, 1.82) is 0 Å². The molecule has 0 saturated carbocycles. The van der Waals surface area contributed by atoms with Gasteiger partial charge in [0.1, 0.15) is 12.2 Å². The second-order valence-corrected chi connectivity index (χ2v) is 7.72. The van der Waals surface area contributed by atoms with E-state index in [1.54, 1.807) is 41.8 Å². The van der Waals surface area contributed by atoms with Crippen molar-refractivity contribution in [2.75, 3.05) is 24.7 Å². The Balaban J connectivity index is 1.57. The molecule has 3 N–H and O–H groups in total. The van der Waals surface area contributed by atoms with Crippen LogP contribution in [0.3, 0.4) is 0 Å². The molecule has 0 unspecified atom stereocenters. The number of nitrogens with two attached hydrogens (primary N) is 1. The van der Waals surface area contributed by atoms with Crippen molar-refractivity contribution >= 4 is 51.9 Å². The average Bonchev–Trinajstić information content (AvgIpc) is 3.37.